The second-order valence-corrected chi connectivity index (χ2v) is 19.8. The zero-order valence-corrected chi connectivity index (χ0v) is 42.1. The molecule has 1 saturated carbocycles. The first-order valence-electron chi connectivity index (χ1n) is 24.2. The summed E-state index contributed by atoms with van der Waals surface area (Å²) in [7, 11) is 0. The van der Waals surface area contributed by atoms with Crippen LogP contribution in [0.1, 0.15) is 211 Å². The van der Waals surface area contributed by atoms with E-state index in [1.165, 1.54) is 51.4 Å². The number of carbonyl (C=O) groups is 1. The quantitative estimate of drug-likeness (QED) is 0.162. The summed E-state index contributed by atoms with van der Waals surface area (Å²) >= 11 is 0. The first-order valence-corrected chi connectivity index (χ1v) is 24.2. The van der Waals surface area contributed by atoms with Crippen LogP contribution >= 0.6 is 0 Å². The number of hydrogen-bond acceptors (Lipinski definition) is 4. The second-order valence-electron chi connectivity index (χ2n) is 19.8. The van der Waals surface area contributed by atoms with Gasteiger partial charge in [-0.2, -0.15) is 0 Å². The third kappa shape index (κ3) is 20.3. The molecule has 1 aromatic heterocycles. The van der Waals surface area contributed by atoms with Gasteiger partial charge in [-0.1, -0.05) is 168 Å². The SMILES string of the molecule is CC(C)C.CCC(C)C1COC1.CCC=Nc1cc(-c2ccc(C(CCC)(CCC)C(=O)C(C)C)c(C)c2)[nH]c(=O)c1C.CCCC(C)(C)CC.CCCC1CC(C)C1. The number of aliphatic imine (C=N–C) groups is 1. The number of ketones is 1. The monoisotopic (exact) mass is 821 g/mol. The van der Waals surface area contributed by atoms with Gasteiger partial charge in [0.1, 0.15) is 5.78 Å². The molecule has 2 aliphatic rings. The van der Waals surface area contributed by atoms with Crippen molar-refractivity contribution in [3.8, 4) is 11.3 Å². The molecular formula is C54H96N2O3. The van der Waals surface area contributed by atoms with E-state index >= 15 is 0 Å². The van der Waals surface area contributed by atoms with Crippen LogP contribution in [0.2, 0.25) is 0 Å². The molecule has 5 heteroatoms. The fourth-order valence-corrected chi connectivity index (χ4v) is 8.12. The van der Waals surface area contributed by atoms with Crippen molar-refractivity contribution in [1.82, 2.24) is 4.98 Å². The van der Waals surface area contributed by atoms with Gasteiger partial charge in [0.2, 0.25) is 0 Å². The number of aryl methyl sites for hydroxylation is 1. The molecule has 59 heavy (non-hydrogen) atoms. The smallest absolute Gasteiger partial charge is 0.253 e. The van der Waals surface area contributed by atoms with E-state index in [0.717, 1.165) is 97.3 Å². The second kappa shape index (κ2) is 29.7. The lowest BCUT2D eigenvalue weighted by Gasteiger charge is -2.36. The van der Waals surface area contributed by atoms with Gasteiger partial charge in [-0.15, -0.1) is 0 Å². The van der Waals surface area contributed by atoms with Crippen molar-refractivity contribution >= 4 is 17.7 Å². The summed E-state index contributed by atoms with van der Waals surface area (Å²) in [5.74, 6) is 5.06. The number of nitrogens with zero attached hydrogens (tertiary/aromatic N) is 1. The largest absolute Gasteiger partial charge is 0.381 e. The van der Waals surface area contributed by atoms with Gasteiger partial charge in [-0.3, -0.25) is 14.6 Å². The molecule has 2 aromatic rings. The van der Waals surface area contributed by atoms with Crippen molar-refractivity contribution < 1.29 is 9.53 Å². The topological polar surface area (TPSA) is 71.5 Å². The molecule has 1 aliphatic carbocycles. The summed E-state index contributed by atoms with van der Waals surface area (Å²) < 4.78 is 5.06. The highest BCUT2D eigenvalue weighted by molar-refractivity contribution is 5.92. The molecule has 1 unspecified atom stereocenters. The van der Waals surface area contributed by atoms with E-state index in [4.69, 9.17) is 4.74 Å². The Balaban J connectivity index is 0.000000956. The molecule has 2 heterocycles. The Labute approximate surface area is 366 Å². The molecule has 2 fully saturated rings. The number of aromatic nitrogens is 1. The van der Waals surface area contributed by atoms with Gasteiger partial charge in [-0.25, -0.2) is 0 Å². The molecule has 0 spiro atoms. The highest BCUT2D eigenvalue weighted by Crippen LogP contribution is 2.41. The lowest BCUT2D eigenvalue weighted by molar-refractivity contribution is -0.128. The molecule has 1 atom stereocenters. The van der Waals surface area contributed by atoms with Gasteiger partial charge >= 0.3 is 0 Å². The van der Waals surface area contributed by atoms with Crippen LogP contribution in [-0.4, -0.2) is 30.2 Å². The van der Waals surface area contributed by atoms with Crippen LogP contribution in [0.4, 0.5) is 5.69 Å². The molecule has 1 aromatic carbocycles. The first kappa shape index (κ1) is 56.5. The van der Waals surface area contributed by atoms with Crippen LogP contribution in [-0.2, 0) is 14.9 Å². The van der Waals surface area contributed by atoms with Crippen molar-refractivity contribution in [2.45, 2.75) is 214 Å². The van der Waals surface area contributed by atoms with Crippen molar-refractivity contribution in [1.29, 1.82) is 0 Å². The number of ether oxygens (including phenoxy) is 1. The van der Waals surface area contributed by atoms with Gasteiger partial charge in [-0.05, 0) is 110 Å². The van der Waals surface area contributed by atoms with E-state index < -0.39 is 5.41 Å². The number of aromatic amines is 1. The van der Waals surface area contributed by atoms with Gasteiger partial charge in [0.05, 0.1) is 30.0 Å². The van der Waals surface area contributed by atoms with Gasteiger partial charge in [0, 0.05) is 23.6 Å². The van der Waals surface area contributed by atoms with Crippen LogP contribution in [0, 0.1) is 54.8 Å². The van der Waals surface area contributed by atoms with Gasteiger partial charge in [0.15, 0.2) is 0 Å². The van der Waals surface area contributed by atoms with E-state index in [2.05, 4.69) is 119 Å². The average Bonchev–Trinajstić information content (AvgIpc) is 3.14. The van der Waals surface area contributed by atoms with E-state index in [1.807, 2.05) is 39.1 Å². The zero-order chi connectivity index (χ0) is 45.3. The lowest BCUT2D eigenvalue weighted by atomic mass is 9.66. The number of Topliss-reactive ketones (excluding diaryl/α,β-unsaturated/α-hetero) is 1. The summed E-state index contributed by atoms with van der Waals surface area (Å²) in [6.07, 6.45) is 17.4. The van der Waals surface area contributed by atoms with Crippen molar-refractivity contribution in [2.24, 2.45) is 45.9 Å². The number of hydrogen-bond donors (Lipinski definition) is 1. The summed E-state index contributed by atoms with van der Waals surface area (Å²) in [4.78, 5) is 33.3. The number of benzene rings is 1. The Kier molecular flexibility index (Phi) is 28.4. The Morgan fingerprint density at radius 2 is 1.42 bits per heavy atom. The first-order chi connectivity index (χ1) is 27.7. The normalized spacial score (nSPS) is 16.9. The maximum Gasteiger partial charge on any atom is 0.253 e. The minimum absolute atomic E-state index is 0.00962. The van der Waals surface area contributed by atoms with Crippen LogP contribution in [0.3, 0.4) is 0 Å². The molecule has 1 aliphatic heterocycles. The molecular weight excluding hydrogens is 725 g/mol. The summed E-state index contributed by atoms with van der Waals surface area (Å²) in [5, 5.41) is 0. The van der Waals surface area contributed by atoms with E-state index in [-0.39, 0.29) is 11.5 Å². The highest BCUT2D eigenvalue weighted by Gasteiger charge is 2.40. The maximum absolute atomic E-state index is 13.4. The Morgan fingerprint density at radius 3 is 1.78 bits per heavy atom. The lowest BCUT2D eigenvalue weighted by Crippen LogP contribution is -2.39. The third-order valence-electron chi connectivity index (χ3n) is 12.2. The fourth-order valence-electron chi connectivity index (χ4n) is 8.12. The number of nitrogens with one attached hydrogen (secondary N) is 1. The van der Waals surface area contributed by atoms with Crippen LogP contribution < -0.4 is 5.56 Å². The number of pyridine rings is 1. The van der Waals surface area contributed by atoms with Gasteiger partial charge in [0.25, 0.3) is 5.56 Å². The van der Waals surface area contributed by atoms with Crippen LogP contribution in [0.15, 0.2) is 34.1 Å². The van der Waals surface area contributed by atoms with E-state index in [1.54, 1.807) is 6.92 Å². The Bertz CT molecular complexity index is 1490. The average molecular weight is 821 g/mol. The predicted molar refractivity (Wildman–Crippen MR) is 262 cm³/mol. The molecule has 1 N–H and O–H groups in total. The maximum atomic E-state index is 13.4. The van der Waals surface area contributed by atoms with Crippen LogP contribution in [0.25, 0.3) is 11.3 Å². The molecule has 1 saturated heterocycles. The molecule has 0 amide bonds. The zero-order valence-electron chi connectivity index (χ0n) is 42.1. The highest BCUT2D eigenvalue weighted by atomic mass is 16.5. The summed E-state index contributed by atoms with van der Waals surface area (Å²) in [6, 6.07) is 8.16. The summed E-state index contributed by atoms with van der Waals surface area (Å²) in [5.41, 5.74) is 5.24. The molecule has 340 valence electrons. The Hall–Kier alpha value is -2.53. The van der Waals surface area contributed by atoms with Gasteiger partial charge < -0.3 is 9.72 Å². The molecule has 4 rings (SSSR count). The van der Waals surface area contributed by atoms with E-state index in [9.17, 15) is 9.59 Å². The standard InChI is InChI=1S/C27H38N2O2.C8H16.C8H18.C7H14O.C4H10/c1-8-13-27(14-9-2,25(30)18(4)5)22-12-11-21(16-19(22)6)24-17-23(28-15-10-3)20(7)26(31)29-24;1-3-4-8-5-7(2)6-8;1-5-7-8(3,4)6-2;1-3-6(2)7-4-8-5-7;1-4(2)3/h11-12,15-18H,8-10,13-14H2,1-7H3,(H,29,31);7-8H,3-6H2,1-2H3;5-7H2,1-4H3;6-7H,3-5H2,1-2H3;4H,1-3H3. The van der Waals surface area contributed by atoms with Crippen LogP contribution in [0.5, 0.6) is 0 Å². The predicted octanol–water partition coefficient (Wildman–Crippen LogP) is 16.2. The van der Waals surface area contributed by atoms with Crippen molar-refractivity contribution in [3.63, 3.8) is 0 Å². The third-order valence-corrected chi connectivity index (χ3v) is 12.2. The molecule has 0 bridgehead atoms. The minimum atomic E-state index is -0.447. The van der Waals surface area contributed by atoms with Crippen molar-refractivity contribution in [2.75, 3.05) is 13.2 Å². The fraction of sp³-hybridized carbons (Fsp3) is 0.759. The van der Waals surface area contributed by atoms with E-state index in [0.29, 0.717) is 22.4 Å². The number of H-pyrrole nitrogens is 1. The molecule has 0 radical (unpaired) electrons. The Morgan fingerprint density at radius 1 is 0.864 bits per heavy atom. The molecule has 5 nitrogen and oxygen atoms in total. The number of carbonyl (C=O) groups excluding carboxylic acids is 1. The number of rotatable bonds is 17. The van der Waals surface area contributed by atoms with Crippen molar-refractivity contribution in [3.05, 3.63) is 51.3 Å². The summed E-state index contributed by atoms with van der Waals surface area (Å²) in [6.45, 7) is 41.1. The minimum Gasteiger partial charge on any atom is -0.381 e.